The van der Waals surface area contributed by atoms with Crippen molar-refractivity contribution < 1.29 is 14.3 Å². The van der Waals surface area contributed by atoms with Crippen LogP contribution in [-0.4, -0.2) is 23.3 Å². The van der Waals surface area contributed by atoms with Crippen LogP contribution in [0.4, 0.5) is 0 Å². The molecule has 0 aliphatic carbocycles. The van der Waals surface area contributed by atoms with Gasteiger partial charge in [0.2, 0.25) is 0 Å². The minimum absolute atomic E-state index is 0.168. The molecule has 0 aromatic carbocycles. The fourth-order valence-electron chi connectivity index (χ4n) is 2.10. The van der Waals surface area contributed by atoms with Gasteiger partial charge in [-0.2, -0.15) is 0 Å². The van der Waals surface area contributed by atoms with Crippen molar-refractivity contribution >= 4 is 5.97 Å². The number of rotatable bonds is 2. The van der Waals surface area contributed by atoms with Gasteiger partial charge in [-0.25, -0.2) is 4.79 Å². The van der Waals surface area contributed by atoms with Crippen molar-refractivity contribution in [2.24, 2.45) is 5.92 Å². The maximum atomic E-state index is 12.2. The summed E-state index contributed by atoms with van der Waals surface area (Å²) in [6.45, 7) is 11.8. The van der Waals surface area contributed by atoms with Gasteiger partial charge in [0.1, 0.15) is 5.60 Å². The number of hydrogen-bond donors (Lipinski definition) is 0. The molecule has 1 aliphatic heterocycles. The molecule has 0 aromatic heterocycles. The van der Waals surface area contributed by atoms with Gasteiger partial charge < -0.3 is 9.47 Å². The lowest BCUT2D eigenvalue weighted by molar-refractivity contribution is -0.200. The molecular weight excluding hydrogens is 216 g/mol. The number of esters is 1. The summed E-state index contributed by atoms with van der Waals surface area (Å²) in [6, 6.07) is 0. The lowest BCUT2D eigenvalue weighted by atomic mass is 9.89. The highest BCUT2D eigenvalue weighted by Gasteiger charge is 2.43. The van der Waals surface area contributed by atoms with Crippen molar-refractivity contribution in [3.05, 3.63) is 0 Å². The summed E-state index contributed by atoms with van der Waals surface area (Å²) in [5.41, 5.74) is -1.21. The zero-order chi connectivity index (χ0) is 13.3. The van der Waals surface area contributed by atoms with Crippen LogP contribution in [0, 0.1) is 5.92 Å². The molecule has 1 heterocycles. The van der Waals surface area contributed by atoms with E-state index >= 15 is 0 Å². The number of ether oxygens (including phenoxy) is 2. The van der Waals surface area contributed by atoms with Gasteiger partial charge in [0.15, 0.2) is 5.60 Å². The summed E-state index contributed by atoms with van der Waals surface area (Å²) < 4.78 is 11.4. The predicted molar refractivity (Wildman–Crippen MR) is 67.8 cm³/mol. The Bertz CT molecular complexity index is 278. The molecule has 0 spiro atoms. The molecule has 1 rings (SSSR count). The fraction of sp³-hybridized carbons (Fsp3) is 0.929. The van der Waals surface area contributed by atoms with Gasteiger partial charge in [-0.05, 0) is 52.9 Å². The minimum Gasteiger partial charge on any atom is -0.458 e. The molecule has 0 N–H and O–H groups in total. The molecule has 0 amide bonds. The first-order valence-corrected chi connectivity index (χ1v) is 6.55. The van der Waals surface area contributed by atoms with Gasteiger partial charge in [-0.15, -0.1) is 0 Å². The number of carbonyl (C=O) groups excluding carboxylic acids is 1. The summed E-state index contributed by atoms with van der Waals surface area (Å²) in [4.78, 5) is 12.2. The first-order valence-electron chi connectivity index (χ1n) is 6.55. The Morgan fingerprint density at radius 3 is 2.47 bits per heavy atom. The Hall–Kier alpha value is -0.570. The Kier molecular flexibility index (Phi) is 4.23. The zero-order valence-electron chi connectivity index (χ0n) is 12.0. The largest absolute Gasteiger partial charge is 0.458 e. The van der Waals surface area contributed by atoms with Crippen LogP contribution < -0.4 is 0 Å². The van der Waals surface area contributed by atoms with E-state index in [0.717, 1.165) is 19.3 Å². The number of hydrogen-bond acceptors (Lipinski definition) is 3. The molecule has 1 fully saturated rings. The SMILES string of the molecule is CC(C)[C@@H]1CCC[C@](C)(C(=O)OC(C)(C)C)O1. The maximum absolute atomic E-state index is 12.2. The van der Waals surface area contributed by atoms with Gasteiger partial charge in [0.25, 0.3) is 0 Å². The average molecular weight is 242 g/mol. The molecule has 3 heteroatoms. The van der Waals surface area contributed by atoms with E-state index in [1.807, 2.05) is 27.7 Å². The van der Waals surface area contributed by atoms with Gasteiger partial charge in [0.05, 0.1) is 6.10 Å². The zero-order valence-corrected chi connectivity index (χ0v) is 12.0. The van der Waals surface area contributed by atoms with Crippen LogP contribution in [-0.2, 0) is 14.3 Å². The summed E-state index contributed by atoms with van der Waals surface area (Å²) >= 11 is 0. The van der Waals surface area contributed by atoms with Crippen molar-refractivity contribution in [3.63, 3.8) is 0 Å². The van der Waals surface area contributed by atoms with Crippen molar-refractivity contribution in [2.45, 2.75) is 78.1 Å². The van der Waals surface area contributed by atoms with Gasteiger partial charge in [-0.3, -0.25) is 0 Å². The van der Waals surface area contributed by atoms with E-state index in [1.165, 1.54) is 0 Å². The maximum Gasteiger partial charge on any atom is 0.338 e. The van der Waals surface area contributed by atoms with Crippen LogP contribution >= 0.6 is 0 Å². The van der Waals surface area contributed by atoms with Crippen molar-refractivity contribution in [2.75, 3.05) is 0 Å². The quantitative estimate of drug-likeness (QED) is 0.697. The third-order valence-electron chi connectivity index (χ3n) is 3.13. The van der Waals surface area contributed by atoms with E-state index in [9.17, 15) is 4.79 Å². The Morgan fingerprint density at radius 1 is 1.41 bits per heavy atom. The molecule has 0 aromatic rings. The molecule has 100 valence electrons. The second-order valence-corrected chi connectivity index (χ2v) is 6.53. The Morgan fingerprint density at radius 2 is 2.00 bits per heavy atom. The highest BCUT2D eigenvalue weighted by atomic mass is 16.6. The first-order chi connectivity index (χ1) is 7.64. The smallest absolute Gasteiger partial charge is 0.338 e. The molecule has 2 atom stereocenters. The molecule has 0 radical (unpaired) electrons. The van der Waals surface area contributed by atoms with E-state index in [-0.39, 0.29) is 12.1 Å². The fourth-order valence-corrected chi connectivity index (χ4v) is 2.10. The first kappa shape index (κ1) is 14.5. The van der Waals surface area contributed by atoms with Crippen LogP contribution in [0.15, 0.2) is 0 Å². The monoisotopic (exact) mass is 242 g/mol. The molecule has 3 nitrogen and oxygen atoms in total. The van der Waals surface area contributed by atoms with Crippen molar-refractivity contribution in [3.8, 4) is 0 Å². The van der Waals surface area contributed by atoms with E-state index in [1.54, 1.807) is 0 Å². The van der Waals surface area contributed by atoms with Crippen molar-refractivity contribution in [1.82, 2.24) is 0 Å². The topological polar surface area (TPSA) is 35.5 Å². The molecule has 17 heavy (non-hydrogen) atoms. The summed E-state index contributed by atoms with van der Waals surface area (Å²) in [6.07, 6.45) is 2.99. The van der Waals surface area contributed by atoms with E-state index in [2.05, 4.69) is 13.8 Å². The Balaban J connectivity index is 2.70. The van der Waals surface area contributed by atoms with Gasteiger partial charge >= 0.3 is 5.97 Å². The normalized spacial score (nSPS) is 30.4. The van der Waals surface area contributed by atoms with Crippen molar-refractivity contribution in [1.29, 1.82) is 0 Å². The van der Waals surface area contributed by atoms with Gasteiger partial charge in [-0.1, -0.05) is 13.8 Å². The third-order valence-corrected chi connectivity index (χ3v) is 3.13. The highest BCUT2D eigenvalue weighted by molar-refractivity contribution is 5.79. The van der Waals surface area contributed by atoms with Crippen LogP contribution in [0.1, 0.15) is 60.8 Å². The predicted octanol–water partition coefficient (Wildman–Crippen LogP) is 3.31. The lowest BCUT2D eigenvalue weighted by Gasteiger charge is -2.39. The summed E-state index contributed by atoms with van der Waals surface area (Å²) in [5.74, 6) is 0.215. The highest BCUT2D eigenvalue weighted by Crippen LogP contribution is 2.33. The molecular formula is C14H26O3. The molecule has 0 saturated carbocycles. The van der Waals surface area contributed by atoms with Gasteiger partial charge in [0, 0.05) is 0 Å². The van der Waals surface area contributed by atoms with Crippen LogP contribution in [0.25, 0.3) is 0 Å². The van der Waals surface area contributed by atoms with E-state index in [4.69, 9.17) is 9.47 Å². The van der Waals surface area contributed by atoms with Crippen LogP contribution in [0.2, 0.25) is 0 Å². The number of carbonyl (C=O) groups is 1. The Labute approximate surface area is 105 Å². The van der Waals surface area contributed by atoms with Crippen LogP contribution in [0.3, 0.4) is 0 Å². The molecule has 1 saturated heterocycles. The second-order valence-electron chi connectivity index (χ2n) is 6.53. The van der Waals surface area contributed by atoms with E-state index in [0.29, 0.717) is 5.92 Å². The molecule has 0 bridgehead atoms. The standard InChI is InChI=1S/C14H26O3/c1-10(2)11-8-7-9-14(6,16-11)12(15)17-13(3,4)5/h10-11H,7-9H2,1-6H3/t11-,14+/m0/s1. The molecule has 0 unspecified atom stereocenters. The summed E-state index contributed by atoms with van der Waals surface area (Å²) in [5, 5.41) is 0. The summed E-state index contributed by atoms with van der Waals surface area (Å²) in [7, 11) is 0. The molecule has 1 aliphatic rings. The van der Waals surface area contributed by atoms with E-state index < -0.39 is 11.2 Å². The van der Waals surface area contributed by atoms with Crippen LogP contribution in [0.5, 0.6) is 0 Å². The second kappa shape index (κ2) is 4.97. The minimum atomic E-state index is -0.763. The third kappa shape index (κ3) is 3.98. The average Bonchev–Trinajstić information content (AvgIpc) is 2.15. The lowest BCUT2D eigenvalue weighted by Crippen LogP contribution is -2.49.